The molecule has 2 aromatic rings. The maximum absolute atomic E-state index is 13.6. The lowest BCUT2D eigenvalue weighted by atomic mass is 10.2. The predicted molar refractivity (Wildman–Crippen MR) is 74.4 cm³/mol. The van der Waals surface area contributed by atoms with E-state index in [1.165, 1.54) is 18.3 Å². The Morgan fingerprint density at radius 2 is 2.00 bits per heavy atom. The first-order valence-electron chi connectivity index (χ1n) is 6.61. The minimum Gasteiger partial charge on any atom is -0.353 e. The zero-order valence-electron chi connectivity index (χ0n) is 11.1. The molecule has 1 aromatic carbocycles. The fourth-order valence-electron chi connectivity index (χ4n) is 1.87. The summed E-state index contributed by atoms with van der Waals surface area (Å²) in [4.78, 5) is 15.9. The van der Waals surface area contributed by atoms with E-state index in [9.17, 15) is 13.6 Å². The Morgan fingerprint density at radius 1 is 1.19 bits per heavy atom. The number of halogens is 2. The van der Waals surface area contributed by atoms with E-state index < -0.39 is 11.6 Å². The number of aromatic nitrogens is 1. The van der Waals surface area contributed by atoms with Crippen LogP contribution in [-0.2, 0) is 0 Å². The molecule has 2 N–H and O–H groups in total. The Balaban J connectivity index is 1.77. The topological polar surface area (TPSA) is 54.0 Å². The van der Waals surface area contributed by atoms with Crippen molar-refractivity contribution in [2.45, 2.75) is 18.9 Å². The van der Waals surface area contributed by atoms with Gasteiger partial charge in [-0.15, -0.1) is 0 Å². The lowest BCUT2D eigenvalue weighted by molar-refractivity contribution is 0.0946. The summed E-state index contributed by atoms with van der Waals surface area (Å²) in [7, 11) is 0. The Labute approximate surface area is 120 Å². The number of nitrogens with zero attached hydrogens (tertiary/aromatic N) is 1. The first-order valence-corrected chi connectivity index (χ1v) is 6.61. The lowest BCUT2D eigenvalue weighted by Crippen LogP contribution is -2.26. The standard InChI is InChI=1S/C15H13F2N3O/c16-9-1-4-13(12(17)7-9)19-11-5-6-18-14(8-11)15(21)20-10-2-3-10/h1,4-8,10H,2-3H2,(H,18,19)(H,20,21). The van der Waals surface area contributed by atoms with Crippen molar-refractivity contribution < 1.29 is 13.6 Å². The summed E-state index contributed by atoms with van der Waals surface area (Å²) in [5.41, 5.74) is 0.905. The van der Waals surface area contributed by atoms with Crippen LogP contribution in [0, 0.1) is 11.6 Å². The molecule has 1 aliphatic carbocycles. The normalized spacial score (nSPS) is 13.8. The van der Waals surface area contributed by atoms with Crippen LogP contribution in [0.1, 0.15) is 23.3 Å². The van der Waals surface area contributed by atoms with Gasteiger partial charge in [0.25, 0.3) is 5.91 Å². The zero-order chi connectivity index (χ0) is 14.8. The van der Waals surface area contributed by atoms with E-state index in [1.54, 1.807) is 6.07 Å². The van der Waals surface area contributed by atoms with Gasteiger partial charge in [-0.1, -0.05) is 0 Å². The smallest absolute Gasteiger partial charge is 0.270 e. The molecule has 1 heterocycles. The van der Waals surface area contributed by atoms with E-state index in [-0.39, 0.29) is 23.3 Å². The van der Waals surface area contributed by atoms with E-state index in [0.29, 0.717) is 5.69 Å². The quantitative estimate of drug-likeness (QED) is 0.909. The molecule has 0 aliphatic heterocycles. The second-order valence-corrected chi connectivity index (χ2v) is 4.93. The summed E-state index contributed by atoms with van der Waals surface area (Å²) in [6.45, 7) is 0. The largest absolute Gasteiger partial charge is 0.353 e. The van der Waals surface area contributed by atoms with E-state index in [4.69, 9.17) is 0 Å². The maximum atomic E-state index is 13.6. The Hall–Kier alpha value is -2.50. The van der Waals surface area contributed by atoms with Crippen LogP contribution < -0.4 is 10.6 Å². The first-order chi connectivity index (χ1) is 10.1. The average Bonchev–Trinajstić information content (AvgIpc) is 3.26. The molecule has 0 unspecified atom stereocenters. The summed E-state index contributed by atoms with van der Waals surface area (Å²) in [6, 6.07) is 6.63. The molecule has 3 rings (SSSR count). The van der Waals surface area contributed by atoms with Crippen molar-refractivity contribution >= 4 is 17.3 Å². The SMILES string of the molecule is O=C(NC1CC1)c1cc(Nc2ccc(F)cc2F)ccn1. The highest BCUT2D eigenvalue weighted by Crippen LogP contribution is 2.22. The van der Waals surface area contributed by atoms with E-state index in [0.717, 1.165) is 25.0 Å². The van der Waals surface area contributed by atoms with Gasteiger partial charge >= 0.3 is 0 Å². The lowest BCUT2D eigenvalue weighted by Gasteiger charge is -2.09. The molecule has 0 radical (unpaired) electrons. The van der Waals surface area contributed by atoms with Crippen molar-refractivity contribution in [3.63, 3.8) is 0 Å². The Bertz CT molecular complexity index is 686. The summed E-state index contributed by atoms with van der Waals surface area (Å²) < 4.78 is 26.4. The van der Waals surface area contributed by atoms with Gasteiger partial charge in [0.2, 0.25) is 0 Å². The number of hydrogen-bond donors (Lipinski definition) is 2. The molecule has 1 amide bonds. The summed E-state index contributed by atoms with van der Waals surface area (Å²) in [5, 5.41) is 5.63. The van der Waals surface area contributed by atoms with E-state index >= 15 is 0 Å². The molecule has 0 saturated heterocycles. The van der Waals surface area contributed by atoms with Crippen LogP contribution >= 0.6 is 0 Å². The van der Waals surface area contributed by atoms with Gasteiger partial charge < -0.3 is 10.6 Å². The molecule has 0 atom stereocenters. The molecule has 0 bridgehead atoms. The number of amides is 1. The molecule has 1 saturated carbocycles. The minimum atomic E-state index is -0.698. The van der Waals surface area contributed by atoms with Crippen LogP contribution in [-0.4, -0.2) is 16.9 Å². The maximum Gasteiger partial charge on any atom is 0.270 e. The van der Waals surface area contributed by atoms with Crippen LogP contribution in [0.4, 0.5) is 20.2 Å². The Kier molecular flexibility index (Phi) is 3.51. The number of nitrogens with one attached hydrogen (secondary N) is 2. The van der Waals surface area contributed by atoms with Gasteiger partial charge in [0.15, 0.2) is 0 Å². The van der Waals surface area contributed by atoms with Crippen molar-refractivity contribution in [3.05, 3.63) is 53.9 Å². The number of pyridine rings is 1. The van der Waals surface area contributed by atoms with Gasteiger partial charge in [-0.05, 0) is 37.1 Å². The first kappa shape index (κ1) is 13.5. The molecule has 0 spiro atoms. The molecule has 21 heavy (non-hydrogen) atoms. The number of benzene rings is 1. The van der Waals surface area contributed by atoms with Crippen molar-refractivity contribution in [1.29, 1.82) is 0 Å². The van der Waals surface area contributed by atoms with E-state index in [2.05, 4.69) is 15.6 Å². The summed E-state index contributed by atoms with van der Waals surface area (Å²) >= 11 is 0. The molecule has 1 fully saturated rings. The molecule has 108 valence electrons. The van der Waals surface area contributed by atoms with Crippen LogP contribution in [0.2, 0.25) is 0 Å². The minimum absolute atomic E-state index is 0.135. The number of carbonyl (C=O) groups is 1. The number of hydrogen-bond acceptors (Lipinski definition) is 3. The van der Waals surface area contributed by atoms with Crippen LogP contribution in [0.5, 0.6) is 0 Å². The van der Waals surface area contributed by atoms with Crippen LogP contribution in [0.25, 0.3) is 0 Å². The van der Waals surface area contributed by atoms with Crippen molar-refractivity contribution in [1.82, 2.24) is 10.3 Å². The molecule has 6 heteroatoms. The number of rotatable bonds is 4. The Morgan fingerprint density at radius 3 is 2.71 bits per heavy atom. The molecule has 1 aromatic heterocycles. The highest BCUT2D eigenvalue weighted by molar-refractivity contribution is 5.93. The van der Waals surface area contributed by atoms with Gasteiger partial charge in [0.1, 0.15) is 17.3 Å². The fraction of sp³-hybridized carbons (Fsp3) is 0.200. The monoisotopic (exact) mass is 289 g/mol. The van der Waals surface area contributed by atoms with Gasteiger partial charge in [-0.25, -0.2) is 8.78 Å². The molecular formula is C15H13F2N3O. The molecular weight excluding hydrogens is 276 g/mol. The zero-order valence-corrected chi connectivity index (χ0v) is 11.1. The summed E-state index contributed by atoms with van der Waals surface area (Å²) in [6.07, 6.45) is 3.44. The predicted octanol–water partition coefficient (Wildman–Crippen LogP) is 3.00. The van der Waals surface area contributed by atoms with Gasteiger partial charge in [0, 0.05) is 24.0 Å². The van der Waals surface area contributed by atoms with Crippen LogP contribution in [0.15, 0.2) is 36.5 Å². The van der Waals surface area contributed by atoms with Crippen molar-refractivity contribution in [3.8, 4) is 0 Å². The highest BCUT2D eigenvalue weighted by Gasteiger charge is 2.24. The van der Waals surface area contributed by atoms with Crippen LogP contribution in [0.3, 0.4) is 0 Å². The van der Waals surface area contributed by atoms with Crippen molar-refractivity contribution in [2.75, 3.05) is 5.32 Å². The second kappa shape index (κ2) is 5.47. The summed E-state index contributed by atoms with van der Waals surface area (Å²) in [5.74, 6) is -1.59. The van der Waals surface area contributed by atoms with Gasteiger partial charge in [-0.3, -0.25) is 9.78 Å². The number of carbonyl (C=O) groups excluding carboxylic acids is 1. The van der Waals surface area contributed by atoms with Gasteiger partial charge in [0.05, 0.1) is 5.69 Å². The second-order valence-electron chi connectivity index (χ2n) is 4.93. The molecule has 1 aliphatic rings. The third kappa shape index (κ3) is 3.34. The van der Waals surface area contributed by atoms with E-state index in [1.807, 2.05) is 0 Å². The average molecular weight is 289 g/mol. The number of anilines is 2. The third-order valence-electron chi connectivity index (χ3n) is 3.12. The molecule has 4 nitrogen and oxygen atoms in total. The van der Waals surface area contributed by atoms with Crippen molar-refractivity contribution in [2.24, 2.45) is 0 Å². The third-order valence-corrected chi connectivity index (χ3v) is 3.12. The fourth-order valence-corrected chi connectivity index (χ4v) is 1.87. The highest BCUT2D eigenvalue weighted by atomic mass is 19.1. The van der Waals surface area contributed by atoms with Gasteiger partial charge in [-0.2, -0.15) is 0 Å².